The molecule has 1 rings (SSSR count). The Balaban J connectivity index is 3.35. The third kappa shape index (κ3) is 2.36. The van der Waals surface area contributed by atoms with Gasteiger partial charge >= 0.3 is 0 Å². The number of halogens is 2. The van der Waals surface area contributed by atoms with Crippen molar-refractivity contribution in [2.75, 3.05) is 6.26 Å². The van der Waals surface area contributed by atoms with E-state index in [1.807, 2.05) is 27.0 Å². The minimum atomic E-state index is -0.517. The molecule has 0 fully saturated rings. The molecule has 1 aromatic heterocycles. The Labute approximate surface area is 92.3 Å². The molecule has 5 heteroatoms. The summed E-state index contributed by atoms with van der Waals surface area (Å²) in [7, 11) is 0. The number of hydrogen-bond acceptors (Lipinski definition) is 3. The second-order valence-corrected chi connectivity index (χ2v) is 5.05. The van der Waals surface area contributed by atoms with Crippen LogP contribution in [-0.4, -0.2) is 16.2 Å². The normalized spacial score (nSPS) is 11.9. The molecule has 0 aliphatic carbocycles. The van der Waals surface area contributed by atoms with Crippen molar-refractivity contribution in [2.45, 2.75) is 31.3 Å². The Morgan fingerprint density at radius 3 is 2.29 bits per heavy atom. The van der Waals surface area contributed by atoms with Gasteiger partial charge in [0.2, 0.25) is 0 Å². The molecule has 0 amide bonds. The van der Waals surface area contributed by atoms with Crippen LogP contribution in [0.4, 0.5) is 4.39 Å². The quantitative estimate of drug-likeness (QED) is 0.424. The molecular formula is C9H12ClFN2S. The number of aromatic nitrogens is 2. The minimum absolute atomic E-state index is 0.103. The zero-order valence-electron chi connectivity index (χ0n) is 8.56. The summed E-state index contributed by atoms with van der Waals surface area (Å²) in [4.78, 5) is 7.92. The maximum Gasteiger partial charge on any atom is 0.189 e. The second kappa shape index (κ2) is 4.03. The lowest BCUT2D eigenvalue weighted by molar-refractivity contribution is 0.489. The van der Waals surface area contributed by atoms with E-state index in [1.54, 1.807) is 0 Å². The van der Waals surface area contributed by atoms with Crippen molar-refractivity contribution in [2.24, 2.45) is 0 Å². The van der Waals surface area contributed by atoms with E-state index in [2.05, 4.69) is 9.97 Å². The summed E-state index contributed by atoms with van der Waals surface area (Å²) in [6.45, 7) is 5.66. The van der Waals surface area contributed by atoms with Gasteiger partial charge < -0.3 is 0 Å². The predicted octanol–water partition coefficient (Wildman–Crippen LogP) is 3.29. The second-order valence-electron chi connectivity index (χ2n) is 3.91. The highest BCUT2D eigenvalue weighted by atomic mass is 35.5. The fourth-order valence-electron chi connectivity index (χ4n) is 0.989. The minimum Gasteiger partial charge on any atom is -0.224 e. The summed E-state index contributed by atoms with van der Waals surface area (Å²) >= 11 is 7.01. The summed E-state index contributed by atoms with van der Waals surface area (Å²) in [5.74, 6) is -0.517. The van der Waals surface area contributed by atoms with Crippen LogP contribution in [0.25, 0.3) is 0 Å². The Morgan fingerprint density at radius 2 is 1.86 bits per heavy atom. The molecule has 0 atom stereocenters. The Kier molecular flexibility index (Phi) is 3.37. The maximum absolute atomic E-state index is 13.5. The molecule has 0 aliphatic heterocycles. The van der Waals surface area contributed by atoms with Crippen molar-refractivity contribution < 1.29 is 4.39 Å². The van der Waals surface area contributed by atoms with Crippen LogP contribution in [0.5, 0.6) is 0 Å². The molecule has 1 aromatic rings. The van der Waals surface area contributed by atoms with Crippen molar-refractivity contribution in [3.8, 4) is 0 Å². The van der Waals surface area contributed by atoms with E-state index in [4.69, 9.17) is 11.6 Å². The van der Waals surface area contributed by atoms with Crippen LogP contribution in [0.2, 0.25) is 5.15 Å². The van der Waals surface area contributed by atoms with Gasteiger partial charge in [0, 0.05) is 5.41 Å². The van der Waals surface area contributed by atoms with Crippen LogP contribution in [0.3, 0.4) is 0 Å². The number of rotatable bonds is 1. The average molecular weight is 235 g/mol. The van der Waals surface area contributed by atoms with E-state index in [9.17, 15) is 4.39 Å². The highest BCUT2D eigenvalue weighted by Gasteiger charge is 2.23. The van der Waals surface area contributed by atoms with Gasteiger partial charge in [-0.2, -0.15) is 0 Å². The van der Waals surface area contributed by atoms with Crippen LogP contribution in [-0.2, 0) is 5.41 Å². The van der Waals surface area contributed by atoms with Gasteiger partial charge in [-0.1, -0.05) is 44.1 Å². The zero-order chi connectivity index (χ0) is 10.9. The van der Waals surface area contributed by atoms with Gasteiger partial charge in [-0.15, -0.1) is 0 Å². The first-order valence-electron chi connectivity index (χ1n) is 4.13. The smallest absolute Gasteiger partial charge is 0.189 e. The molecule has 0 spiro atoms. The third-order valence-electron chi connectivity index (χ3n) is 1.68. The van der Waals surface area contributed by atoms with E-state index in [0.29, 0.717) is 10.9 Å². The molecule has 0 aromatic carbocycles. The molecule has 78 valence electrons. The van der Waals surface area contributed by atoms with Crippen LogP contribution in [0.1, 0.15) is 26.5 Å². The summed E-state index contributed by atoms with van der Waals surface area (Å²) in [6, 6.07) is 0. The van der Waals surface area contributed by atoms with Crippen molar-refractivity contribution in [3.05, 3.63) is 16.7 Å². The third-order valence-corrected chi connectivity index (χ3v) is 2.48. The van der Waals surface area contributed by atoms with Crippen LogP contribution >= 0.6 is 23.4 Å². The zero-order valence-corrected chi connectivity index (χ0v) is 10.1. The van der Waals surface area contributed by atoms with Gasteiger partial charge in [0.25, 0.3) is 0 Å². The van der Waals surface area contributed by atoms with Gasteiger partial charge in [0.1, 0.15) is 0 Å². The molecule has 0 saturated heterocycles. The first kappa shape index (κ1) is 11.7. The molecule has 0 saturated carbocycles. The molecule has 0 N–H and O–H groups in total. The first-order valence-corrected chi connectivity index (χ1v) is 5.74. The van der Waals surface area contributed by atoms with Gasteiger partial charge in [0.15, 0.2) is 16.1 Å². The molecule has 0 bridgehead atoms. The maximum atomic E-state index is 13.5. The SMILES string of the molecule is CSc1nc(Cl)c(F)c(C(C)(C)C)n1. The highest BCUT2D eigenvalue weighted by Crippen LogP contribution is 2.28. The molecule has 0 radical (unpaired) electrons. The lowest BCUT2D eigenvalue weighted by atomic mass is 9.92. The van der Waals surface area contributed by atoms with Crippen molar-refractivity contribution in [1.29, 1.82) is 0 Å². The standard InChI is InChI=1S/C9H12ClFN2S/c1-9(2,3)6-5(11)7(10)13-8(12-6)14-4/h1-4H3. The predicted molar refractivity (Wildman–Crippen MR) is 57.5 cm³/mol. The fourth-order valence-corrected chi connectivity index (χ4v) is 1.57. The number of nitrogens with zero attached hydrogens (tertiary/aromatic N) is 2. The Bertz CT molecular complexity index is 349. The van der Waals surface area contributed by atoms with E-state index < -0.39 is 5.82 Å². The number of thioether (sulfide) groups is 1. The van der Waals surface area contributed by atoms with Crippen molar-refractivity contribution in [3.63, 3.8) is 0 Å². The largest absolute Gasteiger partial charge is 0.224 e. The molecule has 2 nitrogen and oxygen atoms in total. The topological polar surface area (TPSA) is 25.8 Å². The Hall–Kier alpha value is -0.350. The Morgan fingerprint density at radius 1 is 1.29 bits per heavy atom. The summed E-state index contributed by atoms with van der Waals surface area (Å²) in [5.41, 5.74) is 0.00285. The summed E-state index contributed by atoms with van der Waals surface area (Å²) < 4.78 is 13.5. The van der Waals surface area contributed by atoms with Gasteiger partial charge in [-0.05, 0) is 6.26 Å². The molecule has 0 unspecified atom stereocenters. The lowest BCUT2D eigenvalue weighted by Crippen LogP contribution is -2.17. The monoisotopic (exact) mass is 234 g/mol. The van der Waals surface area contributed by atoms with E-state index in [-0.39, 0.29) is 10.6 Å². The fraction of sp³-hybridized carbons (Fsp3) is 0.556. The molecule has 1 heterocycles. The molecular weight excluding hydrogens is 223 g/mol. The first-order chi connectivity index (χ1) is 6.36. The van der Waals surface area contributed by atoms with Gasteiger partial charge in [0.05, 0.1) is 5.69 Å². The van der Waals surface area contributed by atoms with E-state index in [0.717, 1.165) is 0 Å². The van der Waals surface area contributed by atoms with Crippen molar-refractivity contribution in [1.82, 2.24) is 9.97 Å². The van der Waals surface area contributed by atoms with E-state index in [1.165, 1.54) is 11.8 Å². The average Bonchev–Trinajstić information content (AvgIpc) is 2.07. The summed E-state index contributed by atoms with van der Waals surface area (Å²) in [5, 5.41) is 0.399. The van der Waals surface area contributed by atoms with Crippen molar-refractivity contribution >= 4 is 23.4 Å². The molecule has 0 aliphatic rings. The van der Waals surface area contributed by atoms with Crippen LogP contribution < -0.4 is 0 Å². The number of hydrogen-bond donors (Lipinski definition) is 0. The van der Waals surface area contributed by atoms with Gasteiger partial charge in [-0.3, -0.25) is 0 Å². The summed E-state index contributed by atoms with van der Waals surface area (Å²) in [6.07, 6.45) is 1.83. The molecule has 14 heavy (non-hydrogen) atoms. The van der Waals surface area contributed by atoms with Gasteiger partial charge in [-0.25, -0.2) is 14.4 Å². The lowest BCUT2D eigenvalue weighted by Gasteiger charge is -2.18. The van der Waals surface area contributed by atoms with Crippen LogP contribution in [0.15, 0.2) is 5.16 Å². The van der Waals surface area contributed by atoms with Crippen LogP contribution in [0, 0.1) is 5.82 Å². The van der Waals surface area contributed by atoms with E-state index >= 15 is 0 Å². The highest BCUT2D eigenvalue weighted by molar-refractivity contribution is 7.98.